The Balaban J connectivity index is 0.000000606. The van der Waals surface area contributed by atoms with Crippen molar-refractivity contribution in [3.63, 3.8) is 0 Å². The molecule has 0 unspecified atom stereocenters. The van der Waals surface area contributed by atoms with Crippen LogP contribution >= 0.6 is 0 Å². The van der Waals surface area contributed by atoms with E-state index in [0.29, 0.717) is 12.1 Å². The smallest absolute Gasteiger partial charge is 0.00390 e. The van der Waals surface area contributed by atoms with Gasteiger partial charge in [0.2, 0.25) is 0 Å². The highest BCUT2D eigenvalue weighted by Crippen LogP contribution is 2.37. The molecule has 2 rings (SSSR count). The van der Waals surface area contributed by atoms with Gasteiger partial charge in [-0.3, -0.25) is 0 Å². The van der Waals surface area contributed by atoms with Crippen LogP contribution in [-0.4, -0.2) is 12.1 Å². The zero-order chi connectivity index (χ0) is 12.0. The second kappa shape index (κ2) is 7.29. The molecule has 0 heterocycles. The first-order chi connectivity index (χ1) is 7.75. The van der Waals surface area contributed by atoms with Gasteiger partial charge < -0.3 is 11.5 Å². The molecule has 2 aliphatic rings. The van der Waals surface area contributed by atoms with Crippen molar-refractivity contribution < 1.29 is 0 Å². The zero-order valence-corrected chi connectivity index (χ0v) is 11.1. The Morgan fingerprint density at radius 1 is 0.562 bits per heavy atom. The summed E-state index contributed by atoms with van der Waals surface area (Å²) >= 11 is 0. The maximum Gasteiger partial charge on any atom is 0.00390 e. The summed E-state index contributed by atoms with van der Waals surface area (Å²) in [5.41, 5.74) is 11.9. The summed E-state index contributed by atoms with van der Waals surface area (Å²) in [7, 11) is 0. The van der Waals surface area contributed by atoms with Gasteiger partial charge in [0.1, 0.15) is 0 Å². The van der Waals surface area contributed by atoms with Gasteiger partial charge in [-0.15, -0.1) is 0 Å². The summed E-state index contributed by atoms with van der Waals surface area (Å²) in [6.07, 6.45) is 10.5. The molecule has 2 fully saturated rings. The Morgan fingerprint density at radius 3 is 1.06 bits per heavy atom. The monoisotopic (exact) mass is 226 g/mol. The third kappa shape index (κ3) is 4.06. The molecule has 96 valence electrons. The minimum Gasteiger partial charge on any atom is -0.328 e. The molecule has 2 heteroatoms. The van der Waals surface area contributed by atoms with E-state index in [0.717, 1.165) is 11.8 Å². The van der Waals surface area contributed by atoms with Gasteiger partial charge in [-0.05, 0) is 63.2 Å². The third-order valence-electron chi connectivity index (χ3n) is 4.30. The van der Waals surface area contributed by atoms with Gasteiger partial charge in [0.25, 0.3) is 0 Å². The highest BCUT2D eigenvalue weighted by molar-refractivity contribution is 4.83. The Bertz CT molecular complexity index is 146. The van der Waals surface area contributed by atoms with E-state index in [9.17, 15) is 0 Å². The topological polar surface area (TPSA) is 52.0 Å². The largest absolute Gasteiger partial charge is 0.328 e. The summed E-state index contributed by atoms with van der Waals surface area (Å²) in [6.45, 7) is 4.00. The van der Waals surface area contributed by atoms with E-state index in [2.05, 4.69) is 0 Å². The quantitative estimate of drug-likeness (QED) is 0.722. The fourth-order valence-electron chi connectivity index (χ4n) is 3.23. The summed E-state index contributed by atoms with van der Waals surface area (Å²) in [5, 5.41) is 0. The lowest BCUT2D eigenvalue weighted by atomic mass is 9.72. The predicted octanol–water partition coefficient (Wildman–Crippen LogP) is 3.05. The van der Waals surface area contributed by atoms with Crippen molar-refractivity contribution in [2.75, 3.05) is 0 Å². The van der Waals surface area contributed by atoms with Crippen LogP contribution in [0.1, 0.15) is 65.2 Å². The molecule has 0 bridgehead atoms. The molecule has 0 radical (unpaired) electrons. The van der Waals surface area contributed by atoms with Crippen LogP contribution in [0.15, 0.2) is 0 Å². The predicted molar refractivity (Wildman–Crippen MR) is 71.2 cm³/mol. The summed E-state index contributed by atoms with van der Waals surface area (Å²) < 4.78 is 0. The molecule has 0 aliphatic heterocycles. The van der Waals surface area contributed by atoms with Gasteiger partial charge in [0, 0.05) is 12.1 Å². The third-order valence-corrected chi connectivity index (χ3v) is 4.30. The standard InChI is InChI=1S/C12H24N2.C2H6/c13-11-5-1-9(2-6-11)10-3-7-12(14)8-4-10;1-2/h9-12H,1-8,13-14H2;1-2H3. The van der Waals surface area contributed by atoms with Gasteiger partial charge in [0.05, 0.1) is 0 Å². The van der Waals surface area contributed by atoms with E-state index in [1.54, 1.807) is 0 Å². The first kappa shape index (κ1) is 14.0. The molecule has 4 N–H and O–H groups in total. The number of rotatable bonds is 1. The molecule has 2 nitrogen and oxygen atoms in total. The van der Waals surface area contributed by atoms with Crippen LogP contribution in [0, 0.1) is 11.8 Å². The fraction of sp³-hybridized carbons (Fsp3) is 1.00. The van der Waals surface area contributed by atoms with Crippen LogP contribution in [0.2, 0.25) is 0 Å². The van der Waals surface area contributed by atoms with Crippen molar-refractivity contribution in [1.82, 2.24) is 0 Å². The Morgan fingerprint density at radius 2 is 0.812 bits per heavy atom. The van der Waals surface area contributed by atoms with E-state index >= 15 is 0 Å². The Labute approximate surface area is 101 Å². The number of nitrogens with two attached hydrogens (primary N) is 2. The summed E-state index contributed by atoms with van der Waals surface area (Å²) in [6, 6.07) is 0.995. The highest BCUT2D eigenvalue weighted by Gasteiger charge is 2.28. The molecule has 0 aromatic carbocycles. The molecule has 0 saturated heterocycles. The van der Waals surface area contributed by atoms with Crippen molar-refractivity contribution in [1.29, 1.82) is 0 Å². The van der Waals surface area contributed by atoms with Crippen LogP contribution in [0.25, 0.3) is 0 Å². The van der Waals surface area contributed by atoms with Crippen molar-refractivity contribution in [2.24, 2.45) is 23.3 Å². The van der Waals surface area contributed by atoms with Crippen LogP contribution in [-0.2, 0) is 0 Å². The van der Waals surface area contributed by atoms with Gasteiger partial charge in [0.15, 0.2) is 0 Å². The summed E-state index contributed by atoms with van der Waals surface area (Å²) in [4.78, 5) is 0. The lowest BCUT2D eigenvalue weighted by Crippen LogP contribution is -2.33. The molecular formula is C14H30N2. The van der Waals surface area contributed by atoms with Gasteiger partial charge in [-0.25, -0.2) is 0 Å². The number of hydrogen-bond donors (Lipinski definition) is 2. The first-order valence-electron chi connectivity index (χ1n) is 7.27. The fourth-order valence-corrected chi connectivity index (χ4v) is 3.23. The average molecular weight is 226 g/mol. The maximum absolute atomic E-state index is 5.93. The SMILES string of the molecule is CC.NC1CCC(C2CCC(N)CC2)CC1. The normalized spacial score (nSPS) is 39.8. The van der Waals surface area contributed by atoms with Crippen molar-refractivity contribution >= 4 is 0 Å². The lowest BCUT2D eigenvalue weighted by molar-refractivity contribution is 0.178. The van der Waals surface area contributed by atoms with Gasteiger partial charge in [-0.2, -0.15) is 0 Å². The van der Waals surface area contributed by atoms with Crippen LogP contribution < -0.4 is 11.5 Å². The van der Waals surface area contributed by atoms with E-state index in [1.807, 2.05) is 13.8 Å². The molecule has 16 heavy (non-hydrogen) atoms. The minimum absolute atomic E-state index is 0.497. The van der Waals surface area contributed by atoms with E-state index < -0.39 is 0 Å². The van der Waals surface area contributed by atoms with Crippen molar-refractivity contribution in [3.05, 3.63) is 0 Å². The second-order valence-electron chi connectivity index (χ2n) is 5.35. The Hall–Kier alpha value is -0.0800. The molecule has 2 saturated carbocycles. The molecule has 0 spiro atoms. The molecule has 2 aliphatic carbocycles. The maximum atomic E-state index is 5.93. The zero-order valence-electron chi connectivity index (χ0n) is 11.1. The highest BCUT2D eigenvalue weighted by atomic mass is 14.6. The molecule has 0 atom stereocenters. The van der Waals surface area contributed by atoms with Crippen molar-refractivity contribution in [3.8, 4) is 0 Å². The van der Waals surface area contributed by atoms with Crippen LogP contribution in [0.5, 0.6) is 0 Å². The van der Waals surface area contributed by atoms with Crippen molar-refractivity contribution in [2.45, 2.75) is 77.3 Å². The first-order valence-corrected chi connectivity index (χ1v) is 7.27. The van der Waals surface area contributed by atoms with E-state index in [4.69, 9.17) is 11.5 Å². The Kier molecular flexibility index (Phi) is 6.37. The van der Waals surface area contributed by atoms with E-state index in [-0.39, 0.29) is 0 Å². The van der Waals surface area contributed by atoms with Gasteiger partial charge in [-0.1, -0.05) is 13.8 Å². The second-order valence-corrected chi connectivity index (χ2v) is 5.35. The number of hydrogen-bond acceptors (Lipinski definition) is 2. The summed E-state index contributed by atoms with van der Waals surface area (Å²) in [5.74, 6) is 1.95. The van der Waals surface area contributed by atoms with Gasteiger partial charge >= 0.3 is 0 Å². The molecule has 0 amide bonds. The minimum atomic E-state index is 0.497. The molecular weight excluding hydrogens is 196 g/mol. The van der Waals surface area contributed by atoms with Crippen LogP contribution in [0.3, 0.4) is 0 Å². The molecule has 0 aromatic rings. The lowest BCUT2D eigenvalue weighted by Gasteiger charge is -2.36. The van der Waals surface area contributed by atoms with Crippen LogP contribution in [0.4, 0.5) is 0 Å². The van der Waals surface area contributed by atoms with E-state index in [1.165, 1.54) is 51.4 Å². The molecule has 0 aromatic heterocycles. The average Bonchev–Trinajstić information content (AvgIpc) is 2.34.